The van der Waals surface area contributed by atoms with E-state index in [0.29, 0.717) is 16.6 Å². The van der Waals surface area contributed by atoms with E-state index in [4.69, 9.17) is 4.42 Å². The Morgan fingerprint density at radius 1 is 1.37 bits per heavy atom. The summed E-state index contributed by atoms with van der Waals surface area (Å²) < 4.78 is 66.3. The van der Waals surface area contributed by atoms with E-state index in [1.165, 1.54) is 13.0 Å². The third-order valence-electron chi connectivity index (χ3n) is 2.29. The van der Waals surface area contributed by atoms with Crippen LogP contribution in [0.25, 0.3) is 0 Å². The van der Waals surface area contributed by atoms with Crippen molar-refractivity contribution < 1.29 is 26.0 Å². The van der Waals surface area contributed by atoms with Gasteiger partial charge in [-0.1, -0.05) is 6.92 Å². The van der Waals surface area contributed by atoms with Crippen LogP contribution in [0.1, 0.15) is 12.7 Å². The molecule has 9 heteroatoms. The van der Waals surface area contributed by atoms with Gasteiger partial charge in [-0.3, -0.25) is 0 Å². The Balaban J connectivity index is 2.99. The van der Waals surface area contributed by atoms with Gasteiger partial charge in [-0.2, -0.15) is 17.5 Å². The first-order chi connectivity index (χ1) is 8.70. The second kappa shape index (κ2) is 5.93. The predicted molar refractivity (Wildman–Crippen MR) is 62.0 cm³/mol. The van der Waals surface area contributed by atoms with Crippen LogP contribution in [-0.2, 0) is 16.6 Å². The molecule has 0 radical (unpaired) electrons. The normalized spacial score (nSPS) is 13.2. The average Bonchev–Trinajstić information content (AvgIpc) is 2.74. The summed E-state index contributed by atoms with van der Waals surface area (Å²) in [7, 11) is -2.63. The second-order valence-electron chi connectivity index (χ2n) is 3.80. The van der Waals surface area contributed by atoms with Crippen LogP contribution in [0.4, 0.5) is 13.2 Å². The molecule has 0 aliphatic carbocycles. The van der Waals surface area contributed by atoms with Gasteiger partial charge in [0.15, 0.2) is 0 Å². The van der Waals surface area contributed by atoms with Gasteiger partial charge in [0.2, 0.25) is 5.09 Å². The van der Waals surface area contributed by atoms with Crippen molar-refractivity contribution in [3.05, 3.63) is 17.9 Å². The van der Waals surface area contributed by atoms with Crippen LogP contribution in [0.15, 0.2) is 21.6 Å². The molecule has 0 atom stereocenters. The molecular formula is C10H15F3N2O3S. The number of nitrogens with one attached hydrogen (secondary N) is 1. The van der Waals surface area contributed by atoms with Crippen LogP contribution in [0, 0.1) is 0 Å². The van der Waals surface area contributed by atoms with Gasteiger partial charge in [0, 0.05) is 6.54 Å². The van der Waals surface area contributed by atoms with E-state index in [1.807, 2.05) is 0 Å². The topological polar surface area (TPSA) is 62.6 Å². The minimum atomic E-state index is -4.59. The van der Waals surface area contributed by atoms with Gasteiger partial charge in [-0.25, -0.2) is 8.42 Å². The Morgan fingerprint density at radius 2 is 2.00 bits per heavy atom. The molecule has 0 bridgehead atoms. The van der Waals surface area contributed by atoms with Crippen LogP contribution < -0.4 is 5.32 Å². The lowest BCUT2D eigenvalue weighted by Crippen LogP contribution is -2.38. The standard InChI is InChI=1S/C10H15F3N2O3S/c1-3-15(7-10(11,12)13)19(16,17)9-5-4-8(18-9)6-14-2/h4-5,14H,3,6-7H2,1-2H3. The molecule has 0 saturated carbocycles. The highest BCUT2D eigenvalue weighted by Gasteiger charge is 2.37. The maximum atomic E-state index is 12.3. The van der Waals surface area contributed by atoms with Crippen LogP contribution in [0.5, 0.6) is 0 Å². The summed E-state index contributed by atoms with van der Waals surface area (Å²) in [6, 6.07) is 2.56. The van der Waals surface area contributed by atoms with E-state index in [-0.39, 0.29) is 6.54 Å². The first-order valence-electron chi connectivity index (χ1n) is 5.51. The molecule has 0 amide bonds. The Bertz CT molecular complexity index is 510. The molecular weight excluding hydrogens is 285 g/mol. The number of halogens is 3. The SMILES string of the molecule is CCN(CC(F)(F)F)S(=O)(=O)c1ccc(CNC)o1. The molecule has 0 fully saturated rings. The first-order valence-corrected chi connectivity index (χ1v) is 6.95. The van der Waals surface area contributed by atoms with Crippen LogP contribution >= 0.6 is 0 Å². The molecule has 1 N–H and O–H groups in total. The fourth-order valence-electron chi connectivity index (χ4n) is 1.46. The van der Waals surface area contributed by atoms with Crippen molar-refractivity contribution in [1.29, 1.82) is 0 Å². The molecule has 0 aliphatic rings. The Hall–Kier alpha value is -1.06. The monoisotopic (exact) mass is 300 g/mol. The highest BCUT2D eigenvalue weighted by atomic mass is 32.2. The predicted octanol–water partition coefficient (Wildman–Crippen LogP) is 1.57. The third-order valence-corrected chi connectivity index (χ3v) is 4.09. The van der Waals surface area contributed by atoms with Crippen LogP contribution in [0.2, 0.25) is 0 Å². The summed E-state index contributed by atoms with van der Waals surface area (Å²) in [6.45, 7) is -0.195. The molecule has 1 rings (SSSR count). The van der Waals surface area contributed by atoms with Gasteiger partial charge >= 0.3 is 6.18 Å². The number of furan rings is 1. The molecule has 5 nitrogen and oxygen atoms in total. The van der Waals surface area contributed by atoms with Gasteiger partial charge in [0.25, 0.3) is 10.0 Å². The zero-order valence-corrected chi connectivity index (χ0v) is 11.3. The average molecular weight is 300 g/mol. The van der Waals surface area contributed by atoms with Crippen molar-refractivity contribution in [2.24, 2.45) is 0 Å². The number of hydrogen-bond acceptors (Lipinski definition) is 4. The molecule has 1 heterocycles. The molecule has 110 valence electrons. The quantitative estimate of drug-likeness (QED) is 0.866. The summed E-state index contributed by atoms with van der Waals surface area (Å²) >= 11 is 0. The van der Waals surface area contributed by atoms with Gasteiger partial charge < -0.3 is 9.73 Å². The van der Waals surface area contributed by atoms with E-state index in [2.05, 4.69) is 5.32 Å². The smallest absolute Gasteiger partial charge is 0.402 e. The van der Waals surface area contributed by atoms with Crippen molar-refractivity contribution in [3.8, 4) is 0 Å². The van der Waals surface area contributed by atoms with Crippen molar-refractivity contribution in [2.45, 2.75) is 24.7 Å². The summed E-state index contributed by atoms with van der Waals surface area (Å²) in [4.78, 5) is 0. The zero-order chi connectivity index (χ0) is 14.7. The molecule has 0 unspecified atom stereocenters. The Labute approximate surface area is 109 Å². The first kappa shape index (κ1) is 16.0. The number of rotatable bonds is 6. The molecule has 0 saturated heterocycles. The van der Waals surface area contributed by atoms with E-state index in [9.17, 15) is 21.6 Å². The van der Waals surface area contributed by atoms with Crippen molar-refractivity contribution in [2.75, 3.05) is 20.1 Å². The summed E-state index contributed by atoms with van der Waals surface area (Å²) in [5, 5.41) is 2.27. The summed E-state index contributed by atoms with van der Waals surface area (Å²) in [5.41, 5.74) is 0. The van der Waals surface area contributed by atoms with Gasteiger partial charge in [-0.05, 0) is 19.2 Å². The maximum Gasteiger partial charge on any atom is 0.402 e. The number of hydrogen-bond donors (Lipinski definition) is 1. The third kappa shape index (κ3) is 4.22. The number of alkyl halides is 3. The van der Waals surface area contributed by atoms with Crippen molar-refractivity contribution >= 4 is 10.0 Å². The molecule has 1 aromatic heterocycles. The zero-order valence-electron chi connectivity index (χ0n) is 10.5. The van der Waals surface area contributed by atoms with Crippen molar-refractivity contribution in [3.63, 3.8) is 0 Å². The second-order valence-corrected chi connectivity index (χ2v) is 5.67. The van der Waals surface area contributed by atoms with E-state index >= 15 is 0 Å². The molecule has 0 aliphatic heterocycles. The fourth-order valence-corrected chi connectivity index (χ4v) is 2.82. The van der Waals surface area contributed by atoms with E-state index in [0.717, 1.165) is 6.07 Å². The number of sulfonamides is 1. The highest BCUT2D eigenvalue weighted by Crippen LogP contribution is 2.23. The van der Waals surface area contributed by atoms with E-state index < -0.39 is 27.8 Å². The van der Waals surface area contributed by atoms with Crippen molar-refractivity contribution in [1.82, 2.24) is 9.62 Å². The lowest BCUT2D eigenvalue weighted by molar-refractivity contribution is -0.135. The minimum absolute atomic E-state index is 0.288. The lowest BCUT2D eigenvalue weighted by Gasteiger charge is -2.20. The van der Waals surface area contributed by atoms with Gasteiger partial charge in [-0.15, -0.1) is 0 Å². The van der Waals surface area contributed by atoms with Crippen LogP contribution in [-0.4, -0.2) is 39.0 Å². The molecule has 1 aromatic rings. The summed E-state index contributed by atoms with van der Waals surface area (Å²) in [5.74, 6) is 0.337. The highest BCUT2D eigenvalue weighted by molar-refractivity contribution is 7.89. The summed E-state index contributed by atoms with van der Waals surface area (Å²) in [6.07, 6.45) is -4.59. The minimum Gasteiger partial charge on any atom is -0.447 e. The maximum absolute atomic E-state index is 12.3. The Kier molecular flexibility index (Phi) is 4.99. The molecule has 0 aromatic carbocycles. The van der Waals surface area contributed by atoms with Gasteiger partial charge in [0.1, 0.15) is 12.3 Å². The van der Waals surface area contributed by atoms with Gasteiger partial charge in [0.05, 0.1) is 6.54 Å². The largest absolute Gasteiger partial charge is 0.447 e. The van der Waals surface area contributed by atoms with Crippen LogP contribution in [0.3, 0.4) is 0 Å². The Morgan fingerprint density at radius 3 is 2.47 bits per heavy atom. The molecule has 0 spiro atoms. The fraction of sp³-hybridized carbons (Fsp3) is 0.600. The number of nitrogens with zero attached hydrogens (tertiary/aromatic N) is 1. The molecule has 19 heavy (non-hydrogen) atoms. The van der Waals surface area contributed by atoms with E-state index in [1.54, 1.807) is 7.05 Å². The lowest BCUT2D eigenvalue weighted by atomic mass is 10.4.